The van der Waals surface area contributed by atoms with Gasteiger partial charge in [0, 0.05) is 37.7 Å². The van der Waals surface area contributed by atoms with Gasteiger partial charge in [0.05, 0.1) is 66.5 Å². The molecule has 17 atom stereocenters. The predicted molar refractivity (Wildman–Crippen MR) is 172 cm³/mol. The van der Waals surface area contributed by atoms with Gasteiger partial charge >= 0.3 is 5.97 Å². The van der Waals surface area contributed by atoms with Crippen LogP contribution in [0.2, 0.25) is 0 Å². The molecule has 4 N–H and O–H groups in total. The highest BCUT2D eigenvalue weighted by molar-refractivity contribution is 5.70. The summed E-state index contributed by atoms with van der Waals surface area (Å²) in [5, 5.41) is 41.8. The molecule has 0 aromatic heterocycles. The second-order valence-electron chi connectivity index (χ2n) is 16.3. The standard InChI is InChI=1S/C36H62O11/c1-10-34(31-20(3)16-26(43-31)28-19(2)15-21(4)36(41,18-37)46-28)12-11-27(44-34)33(8)13-14-35(47-33)17-25(38)22(5)30(45-35)23(6)29(42-9)24(7)32(39)40/h19-31,37-38,41H,10-18H2,1-9H3,(H,39,40)/t19-,20-,21+,22+,23-,24-,25-,26+,27+,28-,29-,30-,31+,33-,34-,35?,36-/m0/s1. The van der Waals surface area contributed by atoms with Crippen LogP contribution in [0.4, 0.5) is 0 Å². The molecule has 1 unspecified atom stereocenters. The van der Waals surface area contributed by atoms with Gasteiger partial charge in [-0.1, -0.05) is 41.5 Å². The molecule has 11 heteroatoms. The molecule has 0 aromatic rings. The van der Waals surface area contributed by atoms with Crippen LogP contribution in [0.5, 0.6) is 0 Å². The van der Waals surface area contributed by atoms with Crippen molar-refractivity contribution in [2.45, 2.75) is 172 Å². The van der Waals surface area contributed by atoms with Gasteiger partial charge in [0.15, 0.2) is 11.6 Å². The maximum absolute atomic E-state index is 11.8. The van der Waals surface area contributed by atoms with Gasteiger partial charge in [-0.25, -0.2) is 0 Å². The number of methoxy groups -OCH3 is 1. The Morgan fingerprint density at radius 2 is 1.72 bits per heavy atom. The Hall–Kier alpha value is -0.890. The van der Waals surface area contributed by atoms with E-state index in [1.54, 1.807) is 6.92 Å². The molecule has 47 heavy (non-hydrogen) atoms. The summed E-state index contributed by atoms with van der Waals surface area (Å²) in [5.41, 5.74) is -1.15. The van der Waals surface area contributed by atoms with Crippen LogP contribution in [0.1, 0.15) is 107 Å². The molecule has 0 amide bonds. The van der Waals surface area contributed by atoms with Crippen molar-refractivity contribution in [3.63, 3.8) is 0 Å². The molecular weight excluding hydrogens is 608 g/mol. The van der Waals surface area contributed by atoms with Gasteiger partial charge in [0.2, 0.25) is 0 Å². The quantitative estimate of drug-likeness (QED) is 0.264. The van der Waals surface area contributed by atoms with Crippen LogP contribution in [-0.2, 0) is 33.2 Å². The Labute approximate surface area is 281 Å². The number of rotatable bonds is 10. The van der Waals surface area contributed by atoms with Crippen molar-refractivity contribution in [1.29, 1.82) is 0 Å². The zero-order chi connectivity index (χ0) is 34.7. The Morgan fingerprint density at radius 1 is 1.02 bits per heavy atom. The van der Waals surface area contributed by atoms with Gasteiger partial charge in [-0.05, 0) is 64.2 Å². The summed E-state index contributed by atoms with van der Waals surface area (Å²) in [5.74, 6) is -4.52. The van der Waals surface area contributed by atoms with Gasteiger partial charge in [0.1, 0.15) is 0 Å². The normalized spacial score (nSPS) is 50.9. The summed E-state index contributed by atoms with van der Waals surface area (Å²) in [6.07, 6.45) is 2.99. The van der Waals surface area contributed by atoms with Gasteiger partial charge < -0.3 is 48.8 Å². The van der Waals surface area contributed by atoms with Crippen molar-refractivity contribution in [3.8, 4) is 0 Å². The summed E-state index contributed by atoms with van der Waals surface area (Å²) in [6, 6.07) is 0. The predicted octanol–water partition coefficient (Wildman–Crippen LogP) is 4.27. The first-order valence-electron chi connectivity index (χ1n) is 18.1. The smallest absolute Gasteiger partial charge is 0.308 e. The number of aliphatic carboxylic acids is 1. The van der Waals surface area contributed by atoms with Crippen LogP contribution < -0.4 is 0 Å². The van der Waals surface area contributed by atoms with Crippen molar-refractivity contribution >= 4 is 5.97 Å². The second-order valence-corrected chi connectivity index (χ2v) is 16.3. The van der Waals surface area contributed by atoms with E-state index in [0.717, 1.165) is 32.1 Å². The highest BCUT2D eigenvalue weighted by atomic mass is 16.7. The highest BCUT2D eigenvalue weighted by Gasteiger charge is 2.62. The molecule has 5 aliphatic heterocycles. The van der Waals surface area contributed by atoms with Crippen molar-refractivity contribution in [3.05, 3.63) is 0 Å². The maximum atomic E-state index is 11.8. The molecule has 11 nitrogen and oxygen atoms in total. The summed E-state index contributed by atoms with van der Waals surface area (Å²) in [4.78, 5) is 11.8. The molecule has 5 heterocycles. The SMILES string of the molecule is CC[C@@]1([C@@H]2O[C@@H]([C@H]3O[C@@](O)(CO)[C@H](C)C[C@@H]3C)C[C@@H]2C)CC[C@H]([C@]2(C)CCC3(C[C@H](O)[C@@H](C)[C@@H]([C@@H](C)[C@H](OC)[C@H](C)C(=O)O)O3)O2)O1. The molecule has 5 fully saturated rings. The zero-order valence-corrected chi connectivity index (χ0v) is 30.0. The number of hydrogen-bond donors (Lipinski definition) is 4. The molecule has 0 bridgehead atoms. The highest BCUT2D eigenvalue weighted by Crippen LogP contribution is 2.55. The molecule has 0 aromatic carbocycles. The van der Waals surface area contributed by atoms with E-state index in [-0.39, 0.29) is 54.0 Å². The van der Waals surface area contributed by atoms with E-state index >= 15 is 0 Å². The fourth-order valence-corrected chi connectivity index (χ4v) is 9.91. The van der Waals surface area contributed by atoms with E-state index in [1.807, 2.05) is 20.8 Å². The lowest BCUT2D eigenvalue weighted by Crippen LogP contribution is -2.57. The third-order valence-corrected chi connectivity index (χ3v) is 13.0. The lowest BCUT2D eigenvalue weighted by Gasteiger charge is -2.49. The van der Waals surface area contributed by atoms with Crippen LogP contribution in [0, 0.1) is 35.5 Å². The fourth-order valence-electron chi connectivity index (χ4n) is 9.91. The Kier molecular flexibility index (Phi) is 10.9. The third kappa shape index (κ3) is 6.67. The first kappa shape index (κ1) is 37.4. The van der Waals surface area contributed by atoms with Crippen LogP contribution in [0.3, 0.4) is 0 Å². The second kappa shape index (κ2) is 13.7. The number of aliphatic hydroxyl groups is 3. The molecule has 272 valence electrons. The van der Waals surface area contributed by atoms with E-state index in [2.05, 4.69) is 27.7 Å². The van der Waals surface area contributed by atoms with Gasteiger partial charge in [-0.15, -0.1) is 0 Å². The minimum absolute atomic E-state index is 0.153. The Morgan fingerprint density at radius 3 is 2.34 bits per heavy atom. The fraction of sp³-hybridized carbons (Fsp3) is 0.972. The average Bonchev–Trinajstić information content (AvgIpc) is 3.73. The van der Waals surface area contributed by atoms with Crippen molar-refractivity contribution in [2.24, 2.45) is 35.5 Å². The summed E-state index contributed by atoms with van der Waals surface area (Å²) < 4.78 is 39.4. The number of carboxylic acid groups (broad SMARTS) is 1. The Bertz CT molecular complexity index is 1110. The summed E-state index contributed by atoms with van der Waals surface area (Å²) in [7, 11) is 1.52. The largest absolute Gasteiger partial charge is 0.481 e. The third-order valence-electron chi connectivity index (χ3n) is 13.0. The molecular formula is C36H62O11. The number of carboxylic acids is 1. The molecule has 5 saturated heterocycles. The minimum Gasteiger partial charge on any atom is -0.481 e. The first-order valence-corrected chi connectivity index (χ1v) is 18.1. The van der Waals surface area contributed by atoms with Gasteiger partial charge in [0.25, 0.3) is 0 Å². The monoisotopic (exact) mass is 670 g/mol. The van der Waals surface area contributed by atoms with Gasteiger partial charge in [-0.3, -0.25) is 4.79 Å². The van der Waals surface area contributed by atoms with E-state index in [9.17, 15) is 25.2 Å². The van der Waals surface area contributed by atoms with E-state index in [0.29, 0.717) is 19.3 Å². The first-order chi connectivity index (χ1) is 22.0. The average molecular weight is 671 g/mol. The number of aliphatic hydroxyl groups excluding tert-OH is 2. The van der Waals surface area contributed by atoms with E-state index in [1.165, 1.54) is 7.11 Å². The molecule has 1 spiro atoms. The van der Waals surface area contributed by atoms with E-state index < -0.39 is 59.6 Å². The van der Waals surface area contributed by atoms with Crippen LogP contribution in [-0.4, -0.2) is 106 Å². The maximum Gasteiger partial charge on any atom is 0.308 e. The Balaban J connectivity index is 1.29. The topological polar surface area (TPSA) is 153 Å². The molecule has 0 saturated carbocycles. The lowest BCUT2D eigenvalue weighted by molar-refractivity contribution is -0.336. The van der Waals surface area contributed by atoms with Crippen LogP contribution in [0.15, 0.2) is 0 Å². The number of hydrogen-bond acceptors (Lipinski definition) is 10. The summed E-state index contributed by atoms with van der Waals surface area (Å²) in [6.45, 7) is 15.6. The van der Waals surface area contributed by atoms with Gasteiger partial charge in [-0.2, -0.15) is 0 Å². The van der Waals surface area contributed by atoms with Crippen LogP contribution in [0.25, 0.3) is 0 Å². The molecule has 0 aliphatic carbocycles. The number of carbonyl (C=O) groups is 1. The molecule has 5 rings (SSSR count). The van der Waals surface area contributed by atoms with E-state index in [4.69, 9.17) is 28.4 Å². The lowest BCUT2D eigenvalue weighted by atomic mass is 9.78. The minimum atomic E-state index is -1.56. The molecule has 5 aliphatic rings. The van der Waals surface area contributed by atoms with Crippen molar-refractivity contribution in [2.75, 3.05) is 13.7 Å². The van der Waals surface area contributed by atoms with Crippen molar-refractivity contribution < 1.29 is 53.6 Å². The van der Waals surface area contributed by atoms with Crippen LogP contribution >= 0.6 is 0 Å². The number of ether oxygens (including phenoxy) is 6. The summed E-state index contributed by atoms with van der Waals surface area (Å²) >= 11 is 0. The van der Waals surface area contributed by atoms with Crippen molar-refractivity contribution in [1.82, 2.24) is 0 Å². The zero-order valence-electron chi connectivity index (χ0n) is 30.0. The molecule has 0 radical (unpaired) electrons.